The number of nitrogens with zero attached hydrogens (tertiary/aromatic N) is 2. The van der Waals surface area contributed by atoms with E-state index in [0.717, 1.165) is 13.0 Å². The molecule has 0 aromatic heterocycles. The standard InChI is InChI=1S/C19H29N3O4/c1-5-26-18(24)10-13-22(12-7-11-21(3)4)19(25)16-8-6-9-17(14-16)20-15(2)23/h6,8-9,14H,5,7,10-13H2,1-4H3,(H,20,23). The number of ether oxygens (including phenoxy) is 1. The van der Waals surface area contributed by atoms with Gasteiger partial charge < -0.3 is 19.9 Å². The number of anilines is 1. The second-order valence-corrected chi connectivity index (χ2v) is 6.27. The molecule has 7 heteroatoms. The first-order valence-corrected chi connectivity index (χ1v) is 8.80. The molecule has 0 aliphatic carbocycles. The third-order valence-electron chi connectivity index (χ3n) is 3.64. The van der Waals surface area contributed by atoms with Crippen LogP contribution in [0.3, 0.4) is 0 Å². The molecule has 0 saturated carbocycles. The van der Waals surface area contributed by atoms with Gasteiger partial charge in [-0.05, 0) is 52.2 Å². The fraction of sp³-hybridized carbons (Fsp3) is 0.526. The Morgan fingerprint density at radius 3 is 2.46 bits per heavy atom. The average Bonchev–Trinajstić information content (AvgIpc) is 2.57. The van der Waals surface area contributed by atoms with Crippen LogP contribution in [0.5, 0.6) is 0 Å². The Hall–Kier alpha value is -2.41. The van der Waals surface area contributed by atoms with Crippen molar-refractivity contribution in [2.75, 3.05) is 45.7 Å². The Balaban J connectivity index is 2.83. The van der Waals surface area contributed by atoms with Gasteiger partial charge in [0.2, 0.25) is 5.91 Å². The highest BCUT2D eigenvalue weighted by Gasteiger charge is 2.17. The predicted octanol–water partition coefficient (Wildman–Crippen LogP) is 1.99. The molecule has 0 atom stereocenters. The highest BCUT2D eigenvalue weighted by Crippen LogP contribution is 2.14. The Bertz CT molecular complexity index is 617. The first-order chi connectivity index (χ1) is 12.3. The lowest BCUT2D eigenvalue weighted by molar-refractivity contribution is -0.143. The van der Waals surface area contributed by atoms with Gasteiger partial charge in [-0.3, -0.25) is 14.4 Å². The summed E-state index contributed by atoms with van der Waals surface area (Å²) in [6, 6.07) is 6.80. The lowest BCUT2D eigenvalue weighted by atomic mass is 10.1. The molecule has 0 spiro atoms. The molecule has 1 aromatic rings. The van der Waals surface area contributed by atoms with Crippen LogP contribution >= 0.6 is 0 Å². The van der Waals surface area contributed by atoms with Gasteiger partial charge in [0.25, 0.3) is 5.91 Å². The molecular formula is C19H29N3O4. The van der Waals surface area contributed by atoms with Crippen molar-refractivity contribution in [2.45, 2.75) is 26.7 Å². The van der Waals surface area contributed by atoms with E-state index < -0.39 is 0 Å². The summed E-state index contributed by atoms with van der Waals surface area (Å²) >= 11 is 0. The molecular weight excluding hydrogens is 334 g/mol. The van der Waals surface area contributed by atoms with Crippen molar-refractivity contribution in [1.82, 2.24) is 9.80 Å². The topological polar surface area (TPSA) is 79.0 Å². The number of hydrogen-bond acceptors (Lipinski definition) is 5. The van der Waals surface area contributed by atoms with Crippen molar-refractivity contribution in [1.29, 1.82) is 0 Å². The van der Waals surface area contributed by atoms with Crippen LogP contribution in [0.25, 0.3) is 0 Å². The van der Waals surface area contributed by atoms with E-state index in [4.69, 9.17) is 4.74 Å². The maximum absolute atomic E-state index is 12.9. The van der Waals surface area contributed by atoms with Crippen LogP contribution in [-0.2, 0) is 14.3 Å². The number of benzene rings is 1. The van der Waals surface area contributed by atoms with Gasteiger partial charge in [0.05, 0.1) is 13.0 Å². The molecule has 2 amide bonds. The predicted molar refractivity (Wildman–Crippen MR) is 101 cm³/mol. The summed E-state index contributed by atoms with van der Waals surface area (Å²) in [5.74, 6) is -0.676. The highest BCUT2D eigenvalue weighted by molar-refractivity contribution is 5.97. The van der Waals surface area contributed by atoms with Crippen LogP contribution in [0.4, 0.5) is 5.69 Å². The first-order valence-electron chi connectivity index (χ1n) is 8.80. The lowest BCUT2D eigenvalue weighted by Gasteiger charge is -2.23. The van der Waals surface area contributed by atoms with E-state index in [1.807, 2.05) is 19.0 Å². The molecule has 0 aliphatic heterocycles. The van der Waals surface area contributed by atoms with Gasteiger partial charge in [0.1, 0.15) is 0 Å². The van der Waals surface area contributed by atoms with Crippen molar-refractivity contribution >= 4 is 23.5 Å². The number of amides is 2. The maximum atomic E-state index is 12.9. The van der Waals surface area contributed by atoms with Crippen molar-refractivity contribution in [2.24, 2.45) is 0 Å². The Kier molecular flexibility index (Phi) is 9.36. The van der Waals surface area contributed by atoms with E-state index in [-0.39, 0.29) is 24.2 Å². The van der Waals surface area contributed by atoms with Crippen LogP contribution in [0, 0.1) is 0 Å². The summed E-state index contributed by atoms with van der Waals surface area (Å²) in [5, 5.41) is 2.67. The monoisotopic (exact) mass is 363 g/mol. The maximum Gasteiger partial charge on any atom is 0.307 e. The van der Waals surface area contributed by atoms with Crippen molar-refractivity contribution < 1.29 is 19.1 Å². The van der Waals surface area contributed by atoms with Gasteiger partial charge in [-0.25, -0.2) is 0 Å². The number of nitrogens with one attached hydrogen (secondary N) is 1. The Morgan fingerprint density at radius 2 is 1.85 bits per heavy atom. The molecule has 0 heterocycles. The summed E-state index contributed by atoms with van der Waals surface area (Å²) in [4.78, 5) is 39.4. The van der Waals surface area contributed by atoms with Gasteiger partial charge >= 0.3 is 5.97 Å². The van der Waals surface area contributed by atoms with Gasteiger partial charge in [-0.15, -0.1) is 0 Å². The van der Waals surface area contributed by atoms with Crippen LogP contribution < -0.4 is 5.32 Å². The van der Waals surface area contributed by atoms with E-state index in [0.29, 0.717) is 30.9 Å². The van der Waals surface area contributed by atoms with Gasteiger partial charge in [0.15, 0.2) is 0 Å². The molecule has 1 rings (SSSR count). The van der Waals surface area contributed by atoms with Gasteiger partial charge in [0, 0.05) is 31.3 Å². The zero-order chi connectivity index (χ0) is 19.5. The van der Waals surface area contributed by atoms with Gasteiger partial charge in [-0.1, -0.05) is 6.07 Å². The Morgan fingerprint density at radius 1 is 1.12 bits per heavy atom. The van der Waals surface area contributed by atoms with Gasteiger partial charge in [-0.2, -0.15) is 0 Å². The molecule has 0 fully saturated rings. The van der Waals surface area contributed by atoms with Crippen molar-refractivity contribution in [3.8, 4) is 0 Å². The summed E-state index contributed by atoms with van der Waals surface area (Å²) in [6.07, 6.45) is 0.958. The molecule has 26 heavy (non-hydrogen) atoms. The first kappa shape index (κ1) is 21.6. The summed E-state index contributed by atoms with van der Waals surface area (Å²) in [5.41, 5.74) is 1.05. The van der Waals surface area contributed by atoms with Crippen molar-refractivity contribution in [3.63, 3.8) is 0 Å². The zero-order valence-electron chi connectivity index (χ0n) is 16.1. The third kappa shape index (κ3) is 8.11. The smallest absolute Gasteiger partial charge is 0.307 e. The third-order valence-corrected chi connectivity index (χ3v) is 3.64. The number of hydrogen-bond donors (Lipinski definition) is 1. The normalized spacial score (nSPS) is 10.5. The van der Waals surface area contributed by atoms with E-state index in [1.54, 1.807) is 36.1 Å². The van der Waals surface area contributed by atoms with Crippen LogP contribution in [0.15, 0.2) is 24.3 Å². The van der Waals surface area contributed by atoms with Crippen LogP contribution in [0.1, 0.15) is 37.0 Å². The van der Waals surface area contributed by atoms with Crippen LogP contribution in [0.2, 0.25) is 0 Å². The van der Waals surface area contributed by atoms with E-state index in [2.05, 4.69) is 5.32 Å². The summed E-state index contributed by atoms with van der Waals surface area (Å²) in [7, 11) is 3.95. The highest BCUT2D eigenvalue weighted by atomic mass is 16.5. The average molecular weight is 363 g/mol. The second kappa shape index (κ2) is 11.3. The quantitative estimate of drug-likeness (QED) is 0.643. The molecule has 0 unspecified atom stereocenters. The van der Waals surface area contributed by atoms with E-state index in [9.17, 15) is 14.4 Å². The number of carbonyl (C=O) groups excluding carboxylic acids is 3. The molecule has 144 valence electrons. The molecule has 7 nitrogen and oxygen atoms in total. The fourth-order valence-electron chi connectivity index (χ4n) is 2.47. The SMILES string of the molecule is CCOC(=O)CCN(CCCN(C)C)C(=O)c1cccc(NC(C)=O)c1. The molecule has 0 radical (unpaired) electrons. The van der Waals surface area contributed by atoms with Crippen molar-refractivity contribution in [3.05, 3.63) is 29.8 Å². The fourth-order valence-corrected chi connectivity index (χ4v) is 2.47. The molecule has 1 aromatic carbocycles. The van der Waals surface area contributed by atoms with Crippen LogP contribution in [-0.4, -0.2) is 67.9 Å². The van der Waals surface area contributed by atoms with E-state index in [1.165, 1.54) is 6.92 Å². The molecule has 0 bridgehead atoms. The summed E-state index contributed by atoms with van der Waals surface area (Å²) in [6.45, 7) is 5.18. The minimum Gasteiger partial charge on any atom is -0.466 e. The molecule has 0 saturated heterocycles. The minimum atomic E-state index is -0.315. The number of esters is 1. The molecule has 1 N–H and O–H groups in total. The second-order valence-electron chi connectivity index (χ2n) is 6.27. The summed E-state index contributed by atoms with van der Waals surface area (Å²) < 4.78 is 4.95. The van der Waals surface area contributed by atoms with E-state index >= 15 is 0 Å². The molecule has 0 aliphatic rings. The lowest BCUT2D eigenvalue weighted by Crippen LogP contribution is -2.35. The largest absolute Gasteiger partial charge is 0.466 e. The zero-order valence-corrected chi connectivity index (χ0v) is 16.1. The minimum absolute atomic E-state index is 0.160. The number of rotatable bonds is 10. The Labute approximate surface area is 155 Å². The number of carbonyl (C=O) groups is 3.